The molecule has 1 aliphatic carbocycles. The van der Waals surface area contributed by atoms with Gasteiger partial charge in [-0.15, -0.1) is 0 Å². The Kier molecular flexibility index (Phi) is 2.96. The molecule has 1 atom stereocenters. The molecule has 1 N–H and O–H groups in total. The standard InChI is InChI=1S/C16H11FN2O/c17-14-6-3-7-15(13(14)9-18)19-16(20)12-8-10-4-1-2-5-11(10)12/h1-7,12H,8H2,(H,19,20). The number of halogens is 1. The van der Waals surface area contributed by atoms with Gasteiger partial charge in [-0.1, -0.05) is 30.3 Å². The third-order valence-electron chi connectivity index (χ3n) is 3.55. The van der Waals surface area contributed by atoms with Crippen molar-refractivity contribution in [1.29, 1.82) is 5.26 Å². The van der Waals surface area contributed by atoms with E-state index in [1.54, 1.807) is 6.07 Å². The SMILES string of the molecule is N#Cc1c(F)cccc1NC(=O)C1Cc2ccccc21. The lowest BCUT2D eigenvalue weighted by atomic mass is 9.77. The zero-order chi connectivity index (χ0) is 14.1. The summed E-state index contributed by atoms with van der Waals surface area (Å²) < 4.78 is 13.5. The van der Waals surface area contributed by atoms with Crippen LogP contribution >= 0.6 is 0 Å². The number of carbonyl (C=O) groups excluding carboxylic acids is 1. The van der Waals surface area contributed by atoms with E-state index in [1.807, 2.05) is 24.3 Å². The number of hydrogen-bond donors (Lipinski definition) is 1. The number of anilines is 1. The molecule has 1 amide bonds. The summed E-state index contributed by atoms with van der Waals surface area (Å²) in [6.45, 7) is 0. The highest BCUT2D eigenvalue weighted by Crippen LogP contribution is 2.35. The predicted molar refractivity (Wildman–Crippen MR) is 72.6 cm³/mol. The average molecular weight is 266 g/mol. The van der Waals surface area contributed by atoms with E-state index in [2.05, 4.69) is 5.32 Å². The van der Waals surface area contributed by atoms with Crippen LogP contribution in [0.1, 0.15) is 22.6 Å². The van der Waals surface area contributed by atoms with Crippen LogP contribution in [-0.2, 0) is 11.2 Å². The number of nitrogens with zero attached hydrogens (tertiary/aromatic N) is 1. The molecule has 0 fully saturated rings. The van der Waals surface area contributed by atoms with E-state index in [0.717, 1.165) is 11.1 Å². The van der Waals surface area contributed by atoms with Gasteiger partial charge in [0.15, 0.2) is 0 Å². The van der Waals surface area contributed by atoms with Crippen molar-refractivity contribution in [2.45, 2.75) is 12.3 Å². The number of hydrogen-bond acceptors (Lipinski definition) is 2. The van der Waals surface area contributed by atoms with Crippen LogP contribution in [0.3, 0.4) is 0 Å². The molecule has 0 bridgehead atoms. The maximum Gasteiger partial charge on any atom is 0.232 e. The van der Waals surface area contributed by atoms with Gasteiger partial charge in [0.25, 0.3) is 0 Å². The van der Waals surface area contributed by atoms with Gasteiger partial charge in [0.2, 0.25) is 5.91 Å². The van der Waals surface area contributed by atoms with E-state index in [1.165, 1.54) is 18.2 Å². The van der Waals surface area contributed by atoms with Crippen molar-refractivity contribution in [1.82, 2.24) is 0 Å². The molecular weight excluding hydrogens is 255 g/mol. The first kappa shape index (κ1) is 12.4. The predicted octanol–water partition coefficient (Wildman–Crippen LogP) is 2.98. The lowest BCUT2D eigenvalue weighted by Crippen LogP contribution is -2.30. The highest BCUT2D eigenvalue weighted by atomic mass is 19.1. The summed E-state index contributed by atoms with van der Waals surface area (Å²) in [6, 6.07) is 13.7. The third-order valence-corrected chi connectivity index (χ3v) is 3.55. The lowest BCUT2D eigenvalue weighted by Gasteiger charge is -2.28. The van der Waals surface area contributed by atoms with Crippen molar-refractivity contribution < 1.29 is 9.18 Å². The second kappa shape index (κ2) is 4.78. The summed E-state index contributed by atoms with van der Waals surface area (Å²) in [5.41, 5.74) is 2.25. The summed E-state index contributed by atoms with van der Waals surface area (Å²) in [6.07, 6.45) is 0.680. The van der Waals surface area contributed by atoms with Crippen LogP contribution in [-0.4, -0.2) is 5.91 Å². The van der Waals surface area contributed by atoms with Gasteiger partial charge < -0.3 is 5.32 Å². The zero-order valence-electron chi connectivity index (χ0n) is 10.6. The van der Waals surface area contributed by atoms with Gasteiger partial charge in [0, 0.05) is 0 Å². The monoisotopic (exact) mass is 266 g/mol. The molecule has 3 rings (SSSR count). The average Bonchev–Trinajstić information content (AvgIpc) is 2.40. The lowest BCUT2D eigenvalue weighted by molar-refractivity contribution is -0.118. The fourth-order valence-electron chi connectivity index (χ4n) is 2.45. The summed E-state index contributed by atoms with van der Waals surface area (Å²) in [4.78, 5) is 12.2. The Morgan fingerprint density at radius 3 is 2.80 bits per heavy atom. The first-order valence-corrected chi connectivity index (χ1v) is 6.28. The number of carbonyl (C=O) groups is 1. The summed E-state index contributed by atoms with van der Waals surface area (Å²) in [7, 11) is 0. The molecule has 0 radical (unpaired) electrons. The van der Waals surface area contributed by atoms with Gasteiger partial charge in [-0.05, 0) is 29.7 Å². The van der Waals surface area contributed by atoms with E-state index in [-0.39, 0.29) is 23.1 Å². The van der Waals surface area contributed by atoms with Crippen LogP contribution in [0.25, 0.3) is 0 Å². The quantitative estimate of drug-likeness (QED) is 0.908. The molecule has 20 heavy (non-hydrogen) atoms. The molecule has 0 saturated carbocycles. The Morgan fingerprint density at radius 1 is 1.25 bits per heavy atom. The van der Waals surface area contributed by atoms with E-state index < -0.39 is 5.82 Å². The van der Waals surface area contributed by atoms with Crippen LogP contribution in [0.15, 0.2) is 42.5 Å². The highest BCUT2D eigenvalue weighted by molar-refractivity contribution is 5.98. The fourth-order valence-corrected chi connectivity index (χ4v) is 2.45. The number of rotatable bonds is 2. The van der Waals surface area contributed by atoms with Crippen molar-refractivity contribution in [2.75, 3.05) is 5.32 Å². The van der Waals surface area contributed by atoms with E-state index >= 15 is 0 Å². The van der Waals surface area contributed by atoms with Crippen LogP contribution < -0.4 is 5.32 Å². The van der Waals surface area contributed by atoms with Gasteiger partial charge in [-0.2, -0.15) is 5.26 Å². The molecule has 4 heteroatoms. The van der Waals surface area contributed by atoms with Gasteiger partial charge in [0.05, 0.1) is 11.6 Å². The minimum atomic E-state index is -0.626. The van der Waals surface area contributed by atoms with Crippen LogP contribution in [0, 0.1) is 17.1 Å². The minimum absolute atomic E-state index is 0.131. The van der Waals surface area contributed by atoms with Crippen molar-refractivity contribution in [3.8, 4) is 6.07 Å². The summed E-state index contributed by atoms with van der Waals surface area (Å²) in [5.74, 6) is -1.05. The Bertz CT molecular complexity index is 733. The number of amides is 1. The number of nitriles is 1. The van der Waals surface area contributed by atoms with Crippen molar-refractivity contribution >= 4 is 11.6 Å². The van der Waals surface area contributed by atoms with Gasteiger partial charge in [0.1, 0.15) is 17.4 Å². The molecule has 0 aliphatic heterocycles. The highest BCUT2D eigenvalue weighted by Gasteiger charge is 2.32. The van der Waals surface area contributed by atoms with Crippen molar-refractivity contribution in [3.05, 3.63) is 65.0 Å². The molecule has 0 spiro atoms. The smallest absolute Gasteiger partial charge is 0.232 e. The van der Waals surface area contributed by atoms with Crippen LogP contribution in [0.4, 0.5) is 10.1 Å². The molecule has 98 valence electrons. The first-order valence-electron chi connectivity index (χ1n) is 6.28. The van der Waals surface area contributed by atoms with Crippen molar-refractivity contribution in [3.63, 3.8) is 0 Å². The van der Waals surface area contributed by atoms with Crippen LogP contribution in [0.2, 0.25) is 0 Å². The second-order valence-electron chi connectivity index (χ2n) is 4.72. The Balaban J connectivity index is 1.82. The van der Waals surface area contributed by atoms with Crippen molar-refractivity contribution in [2.24, 2.45) is 0 Å². The van der Waals surface area contributed by atoms with E-state index in [4.69, 9.17) is 5.26 Å². The first-order chi connectivity index (χ1) is 9.70. The molecule has 2 aromatic carbocycles. The Morgan fingerprint density at radius 2 is 2.05 bits per heavy atom. The zero-order valence-corrected chi connectivity index (χ0v) is 10.6. The normalized spacial score (nSPS) is 15.7. The van der Waals surface area contributed by atoms with E-state index in [0.29, 0.717) is 6.42 Å². The molecular formula is C16H11FN2O. The maximum absolute atomic E-state index is 13.5. The fraction of sp³-hybridized carbons (Fsp3) is 0.125. The maximum atomic E-state index is 13.5. The number of fused-ring (bicyclic) bond motifs is 1. The van der Waals surface area contributed by atoms with Gasteiger partial charge in [-0.25, -0.2) is 4.39 Å². The second-order valence-corrected chi connectivity index (χ2v) is 4.72. The minimum Gasteiger partial charge on any atom is -0.324 e. The molecule has 2 aromatic rings. The largest absolute Gasteiger partial charge is 0.324 e. The number of benzene rings is 2. The molecule has 0 heterocycles. The van der Waals surface area contributed by atoms with Crippen LogP contribution in [0.5, 0.6) is 0 Å². The van der Waals surface area contributed by atoms with Gasteiger partial charge in [-0.3, -0.25) is 4.79 Å². The number of nitrogens with one attached hydrogen (secondary N) is 1. The molecule has 0 aromatic heterocycles. The Labute approximate surface area is 115 Å². The molecule has 0 saturated heterocycles. The Hall–Kier alpha value is -2.67. The molecule has 1 unspecified atom stereocenters. The molecule has 1 aliphatic rings. The third kappa shape index (κ3) is 1.94. The van der Waals surface area contributed by atoms with Gasteiger partial charge >= 0.3 is 0 Å². The summed E-state index contributed by atoms with van der Waals surface area (Å²) in [5, 5.41) is 11.6. The van der Waals surface area contributed by atoms with E-state index in [9.17, 15) is 9.18 Å². The topological polar surface area (TPSA) is 52.9 Å². The molecule has 3 nitrogen and oxygen atoms in total. The summed E-state index contributed by atoms with van der Waals surface area (Å²) >= 11 is 0.